The van der Waals surface area contributed by atoms with Crippen molar-refractivity contribution in [2.45, 2.75) is 19.9 Å². The molecule has 3 nitrogen and oxygen atoms in total. The number of thiazole rings is 2. The van der Waals surface area contributed by atoms with E-state index < -0.39 is 0 Å². The van der Waals surface area contributed by atoms with Gasteiger partial charge in [-0.05, 0) is 26.0 Å². The first-order valence-electron chi connectivity index (χ1n) is 6.41. The summed E-state index contributed by atoms with van der Waals surface area (Å²) in [5.74, 6) is 0. The van der Waals surface area contributed by atoms with E-state index in [1.165, 1.54) is 0 Å². The third-order valence-corrected chi connectivity index (χ3v) is 4.62. The van der Waals surface area contributed by atoms with Crippen LogP contribution in [0.4, 0.5) is 5.69 Å². The van der Waals surface area contributed by atoms with Crippen LogP contribution in [0.25, 0.3) is 10.6 Å². The molecule has 0 radical (unpaired) electrons. The summed E-state index contributed by atoms with van der Waals surface area (Å²) in [6, 6.07) is 8.55. The number of rotatable bonds is 4. The third kappa shape index (κ3) is 2.89. The summed E-state index contributed by atoms with van der Waals surface area (Å²) < 4.78 is 0. The second kappa shape index (κ2) is 5.73. The van der Waals surface area contributed by atoms with Crippen LogP contribution >= 0.6 is 22.7 Å². The fourth-order valence-electron chi connectivity index (χ4n) is 2.01. The molecule has 0 aliphatic heterocycles. The summed E-state index contributed by atoms with van der Waals surface area (Å²) in [5.41, 5.74) is 3.33. The van der Waals surface area contributed by atoms with Gasteiger partial charge in [0.1, 0.15) is 5.01 Å². The summed E-state index contributed by atoms with van der Waals surface area (Å²) in [5, 5.41) is 9.75. The number of nitrogens with zero attached hydrogens (tertiary/aromatic N) is 2. The highest BCUT2D eigenvalue weighted by atomic mass is 32.1. The first-order valence-corrected chi connectivity index (χ1v) is 8.17. The Labute approximate surface area is 126 Å². The fourth-order valence-corrected chi connectivity index (χ4v) is 3.35. The summed E-state index contributed by atoms with van der Waals surface area (Å²) in [4.78, 5) is 8.87. The predicted molar refractivity (Wildman–Crippen MR) is 86.4 cm³/mol. The number of anilines is 1. The van der Waals surface area contributed by atoms with E-state index in [1.807, 2.05) is 18.5 Å². The van der Waals surface area contributed by atoms with Gasteiger partial charge < -0.3 is 5.32 Å². The zero-order valence-corrected chi connectivity index (χ0v) is 13.0. The van der Waals surface area contributed by atoms with Gasteiger partial charge in [-0.3, -0.25) is 0 Å². The molecule has 1 unspecified atom stereocenters. The average Bonchev–Trinajstić information content (AvgIpc) is 3.10. The van der Waals surface area contributed by atoms with E-state index in [4.69, 9.17) is 0 Å². The molecule has 3 aromatic rings. The van der Waals surface area contributed by atoms with Gasteiger partial charge in [0, 0.05) is 28.2 Å². The number of aryl methyl sites for hydroxylation is 1. The van der Waals surface area contributed by atoms with Crippen LogP contribution < -0.4 is 5.32 Å². The van der Waals surface area contributed by atoms with E-state index in [-0.39, 0.29) is 6.04 Å². The Bertz CT molecular complexity index is 689. The van der Waals surface area contributed by atoms with Crippen molar-refractivity contribution in [1.82, 2.24) is 9.97 Å². The topological polar surface area (TPSA) is 37.8 Å². The minimum Gasteiger partial charge on any atom is -0.377 e. The van der Waals surface area contributed by atoms with Crippen molar-refractivity contribution >= 4 is 28.4 Å². The lowest BCUT2D eigenvalue weighted by Crippen LogP contribution is -2.06. The van der Waals surface area contributed by atoms with E-state index in [0.717, 1.165) is 27.0 Å². The molecular formula is C15H15N3S2. The van der Waals surface area contributed by atoms with Gasteiger partial charge in [-0.2, -0.15) is 0 Å². The molecule has 20 heavy (non-hydrogen) atoms. The average molecular weight is 301 g/mol. The van der Waals surface area contributed by atoms with Gasteiger partial charge in [0.15, 0.2) is 0 Å². The molecule has 2 heterocycles. The van der Waals surface area contributed by atoms with Gasteiger partial charge in [-0.1, -0.05) is 12.1 Å². The molecule has 3 rings (SSSR count). The number of benzene rings is 1. The van der Waals surface area contributed by atoms with Crippen LogP contribution in [0.1, 0.15) is 23.7 Å². The van der Waals surface area contributed by atoms with Crippen molar-refractivity contribution in [3.05, 3.63) is 51.9 Å². The molecule has 1 atom stereocenters. The van der Waals surface area contributed by atoms with Crippen LogP contribution in [0.3, 0.4) is 0 Å². The lowest BCUT2D eigenvalue weighted by atomic mass is 10.2. The maximum absolute atomic E-state index is 4.52. The smallest absolute Gasteiger partial charge is 0.123 e. The normalized spacial score (nSPS) is 12.3. The second-order valence-corrected chi connectivity index (χ2v) is 6.53. The van der Waals surface area contributed by atoms with Crippen molar-refractivity contribution in [2.75, 3.05) is 5.32 Å². The van der Waals surface area contributed by atoms with Gasteiger partial charge in [-0.15, -0.1) is 22.7 Å². The van der Waals surface area contributed by atoms with Crippen molar-refractivity contribution in [2.24, 2.45) is 0 Å². The quantitative estimate of drug-likeness (QED) is 0.755. The Morgan fingerprint density at radius 3 is 2.85 bits per heavy atom. The lowest BCUT2D eigenvalue weighted by molar-refractivity contribution is 0.845. The van der Waals surface area contributed by atoms with Crippen molar-refractivity contribution in [1.29, 1.82) is 0 Å². The van der Waals surface area contributed by atoms with E-state index in [2.05, 4.69) is 51.9 Å². The maximum Gasteiger partial charge on any atom is 0.123 e. The Morgan fingerprint density at radius 1 is 1.25 bits per heavy atom. The number of hydrogen-bond donors (Lipinski definition) is 1. The molecule has 0 aliphatic rings. The van der Waals surface area contributed by atoms with Crippen LogP contribution in [0, 0.1) is 6.92 Å². The van der Waals surface area contributed by atoms with Gasteiger partial charge in [-0.25, -0.2) is 9.97 Å². The molecular weight excluding hydrogens is 286 g/mol. The zero-order valence-electron chi connectivity index (χ0n) is 11.3. The Morgan fingerprint density at radius 2 is 2.15 bits per heavy atom. The summed E-state index contributed by atoms with van der Waals surface area (Å²) in [7, 11) is 0. The molecule has 1 aromatic carbocycles. The molecule has 0 saturated carbocycles. The molecule has 2 aromatic heterocycles. The minimum atomic E-state index is 0.200. The first-order chi connectivity index (χ1) is 9.72. The lowest BCUT2D eigenvalue weighted by Gasteiger charge is -2.13. The molecule has 102 valence electrons. The summed E-state index contributed by atoms with van der Waals surface area (Å²) in [6.07, 6.45) is 1.83. The molecule has 0 bridgehead atoms. The van der Waals surface area contributed by atoms with Gasteiger partial charge in [0.05, 0.1) is 16.7 Å². The van der Waals surface area contributed by atoms with Crippen LogP contribution in [0.2, 0.25) is 0 Å². The maximum atomic E-state index is 4.52. The third-order valence-electron chi connectivity index (χ3n) is 3.01. The van der Waals surface area contributed by atoms with Crippen LogP contribution in [-0.4, -0.2) is 9.97 Å². The molecule has 0 amide bonds. The van der Waals surface area contributed by atoms with Crippen LogP contribution in [0.5, 0.6) is 0 Å². The SMILES string of the molecule is Cc1nc(C(C)Nc2cccc(-c3nccs3)c2)cs1. The largest absolute Gasteiger partial charge is 0.377 e. The number of nitrogens with one attached hydrogen (secondary N) is 1. The molecule has 0 fully saturated rings. The first kappa shape index (κ1) is 13.3. The summed E-state index contributed by atoms with van der Waals surface area (Å²) >= 11 is 3.34. The van der Waals surface area contributed by atoms with E-state index in [0.29, 0.717) is 0 Å². The number of hydrogen-bond acceptors (Lipinski definition) is 5. The monoisotopic (exact) mass is 301 g/mol. The zero-order chi connectivity index (χ0) is 13.9. The predicted octanol–water partition coefficient (Wildman–Crippen LogP) is 4.75. The molecule has 0 spiro atoms. The van der Waals surface area contributed by atoms with Crippen molar-refractivity contribution in [3.63, 3.8) is 0 Å². The van der Waals surface area contributed by atoms with E-state index >= 15 is 0 Å². The second-order valence-electron chi connectivity index (χ2n) is 4.58. The van der Waals surface area contributed by atoms with Crippen LogP contribution in [-0.2, 0) is 0 Å². The Kier molecular flexibility index (Phi) is 3.80. The molecule has 0 saturated heterocycles. The minimum absolute atomic E-state index is 0.200. The van der Waals surface area contributed by atoms with E-state index in [9.17, 15) is 0 Å². The van der Waals surface area contributed by atoms with Gasteiger partial charge >= 0.3 is 0 Å². The van der Waals surface area contributed by atoms with Gasteiger partial charge in [0.25, 0.3) is 0 Å². The molecule has 0 aliphatic carbocycles. The molecule has 5 heteroatoms. The number of aromatic nitrogens is 2. The Balaban J connectivity index is 1.79. The van der Waals surface area contributed by atoms with Crippen molar-refractivity contribution < 1.29 is 0 Å². The summed E-state index contributed by atoms with van der Waals surface area (Å²) in [6.45, 7) is 4.16. The fraction of sp³-hybridized carbons (Fsp3) is 0.200. The van der Waals surface area contributed by atoms with Crippen LogP contribution in [0.15, 0.2) is 41.2 Å². The molecule has 1 N–H and O–H groups in total. The van der Waals surface area contributed by atoms with Gasteiger partial charge in [0.2, 0.25) is 0 Å². The highest BCUT2D eigenvalue weighted by Gasteiger charge is 2.09. The standard InChI is InChI=1S/C15H15N3S2/c1-10(14-9-20-11(2)18-14)17-13-5-3-4-12(8-13)15-16-6-7-19-15/h3-10,17H,1-2H3. The highest BCUT2D eigenvalue weighted by molar-refractivity contribution is 7.13. The van der Waals surface area contributed by atoms with E-state index in [1.54, 1.807) is 22.7 Å². The highest BCUT2D eigenvalue weighted by Crippen LogP contribution is 2.26. The Hall–Kier alpha value is -1.72. The van der Waals surface area contributed by atoms with Crippen molar-refractivity contribution in [3.8, 4) is 10.6 Å².